The third-order valence-corrected chi connectivity index (χ3v) is 3.29. The van der Waals surface area contributed by atoms with Crippen LogP contribution in [0.2, 0.25) is 0 Å². The van der Waals surface area contributed by atoms with Crippen LogP contribution in [-0.2, 0) is 4.79 Å². The van der Waals surface area contributed by atoms with E-state index < -0.39 is 12.1 Å². The van der Waals surface area contributed by atoms with Crippen LogP contribution in [0.3, 0.4) is 0 Å². The number of halogens is 3. The zero-order chi connectivity index (χ0) is 19.0. The lowest BCUT2D eigenvalue weighted by molar-refractivity contribution is -0.192. The van der Waals surface area contributed by atoms with Gasteiger partial charge in [-0.1, -0.05) is 6.07 Å². The number of carboxylic acids is 1. The van der Waals surface area contributed by atoms with Gasteiger partial charge in [-0.3, -0.25) is 4.79 Å². The van der Waals surface area contributed by atoms with E-state index in [1.54, 1.807) is 26.4 Å². The van der Waals surface area contributed by atoms with Crippen molar-refractivity contribution < 1.29 is 37.3 Å². The third kappa shape index (κ3) is 5.82. The molecular weight excluding hydrogens is 345 g/mol. The smallest absolute Gasteiger partial charge is 0.490 e. The van der Waals surface area contributed by atoms with E-state index in [2.05, 4.69) is 5.32 Å². The molecule has 2 N–H and O–H groups in total. The van der Waals surface area contributed by atoms with E-state index in [9.17, 15) is 18.0 Å². The molecule has 1 fully saturated rings. The molecule has 7 nitrogen and oxygen atoms in total. The van der Waals surface area contributed by atoms with Gasteiger partial charge in [-0.15, -0.1) is 0 Å². The summed E-state index contributed by atoms with van der Waals surface area (Å²) < 4.78 is 42.2. The predicted octanol–water partition coefficient (Wildman–Crippen LogP) is 1.38. The molecule has 140 valence electrons. The summed E-state index contributed by atoms with van der Waals surface area (Å²) >= 11 is 0. The van der Waals surface area contributed by atoms with E-state index in [0.717, 1.165) is 13.1 Å². The molecule has 0 atom stereocenters. The minimum Gasteiger partial charge on any atom is -0.496 e. The van der Waals surface area contributed by atoms with Gasteiger partial charge >= 0.3 is 12.1 Å². The van der Waals surface area contributed by atoms with E-state index >= 15 is 0 Å². The fraction of sp³-hybridized carbons (Fsp3) is 0.467. The van der Waals surface area contributed by atoms with E-state index in [-0.39, 0.29) is 5.91 Å². The van der Waals surface area contributed by atoms with Gasteiger partial charge in [0.25, 0.3) is 5.91 Å². The van der Waals surface area contributed by atoms with Crippen molar-refractivity contribution in [1.29, 1.82) is 0 Å². The number of hydrogen-bond donors (Lipinski definition) is 2. The van der Waals surface area contributed by atoms with Gasteiger partial charge in [-0.25, -0.2) is 4.79 Å². The third-order valence-electron chi connectivity index (χ3n) is 3.29. The Balaban J connectivity index is 0.000000381. The first kappa shape index (κ1) is 20.6. The molecule has 1 heterocycles. The summed E-state index contributed by atoms with van der Waals surface area (Å²) in [4.78, 5) is 23.2. The number of alkyl halides is 3. The van der Waals surface area contributed by atoms with Gasteiger partial charge in [0, 0.05) is 26.2 Å². The maximum atomic E-state index is 12.5. The molecule has 1 aromatic carbocycles. The fourth-order valence-corrected chi connectivity index (χ4v) is 2.09. The quantitative estimate of drug-likeness (QED) is 0.843. The highest BCUT2D eigenvalue weighted by atomic mass is 19.4. The Kier molecular flexibility index (Phi) is 7.49. The second kappa shape index (κ2) is 9.11. The van der Waals surface area contributed by atoms with E-state index in [1.807, 2.05) is 11.0 Å². The van der Waals surface area contributed by atoms with Gasteiger partial charge < -0.3 is 24.8 Å². The van der Waals surface area contributed by atoms with Crippen molar-refractivity contribution in [2.75, 3.05) is 40.4 Å². The maximum Gasteiger partial charge on any atom is 0.490 e. The van der Waals surface area contributed by atoms with Gasteiger partial charge in [0.2, 0.25) is 0 Å². The highest BCUT2D eigenvalue weighted by Crippen LogP contribution is 2.29. The Morgan fingerprint density at radius 2 is 1.56 bits per heavy atom. The molecule has 1 aromatic rings. The maximum absolute atomic E-state index is 12.5. The Labute approximate surface area is 142 Å². The van der Waals surface area contributed by atoms with Crippen molar-refractivity contribution in [2.24, 2.45) is 0 Å². The average Bonchev–Trinajstić information content (AvgIpc) is 2.60. The molecule has 2 rings (SSSR count). The molecule has 0 radical (unpaired) electrons. The first-order valence-corrected chi connectivity index (χ1v) is 7.23. The monoisotopic (exact) mass is 364 g/mol. The molecule has 0 saturated carbocycles. The number of aliphatic carboxylic acids is 1. The van der Waals surface area contributed by atoms with Crippen LogP contribution in [-0.4, -0.2) is 68.5 Å². The van der Waals surface area contributed by atoms with Gasteiger partial charge in [0.05, 0.1) is 14.2 Å². The lowest BCUT2D eigenvalue weighted by Gasteiger charge is -2.28. The van der Waals surface area contributed by atoms with Crippen LogP contribution in [0.15, 0.2) is 18.2 Å². The standard InChI is InChI=1S/C13H18N2O3.C2HF3O2/c1-17-10-4-3-5-11(18-2)12(10)13(16)15-8-6-14-7-9-15;3-2(4,5)1(6)7/h3-5,14H,6-9H2,1-2H3;(H,6,7). The number of ether oxygens (including phenoxy) is 2. The summed E-state index contributed by atoms with van der Waals surface area (Å²) in [6.45, 7) is 3.06. The Morgan fingerprint density at radius 3 is 1.92 bits per heavy atom. The predicted molar refractivity (Wildman–Crippen MR) is 82.0 cm³/mol. The SMILES string of the molecule is COc1cccc(OC)c1C(=O)N1CCNCC1.O=C(O)C(F)(F)F. The van der Waals surface area contributed by atoms with Crippen molar-refractivity contribution in [2.45, 2.75) is 6.18 Å². The van der Waals surface area contributed by atoms with Crippen LogP contribution >= 0.6 is 0 Å². The van der Waals surface area contributed by atoms with Crippen LogP contribution in [0.5, 0.6) is 11.5 Å². The minimum atomic E-state index is -5.08. The summed E-state index contributed by atoms with van der Waals surface area (Å²) in [6.07, 6.45) is -5.08. The molecule has 1 aliphatic rings. The highest BCUT2D eigenvalue weighted by Gasteiger charge is 2.38. The number of carbonyl (C=O) groups excluding carboxylic acids is 1. The molecular formula is C15H19F3N2O5. The molecule has 0 aromatic heterocycles. The number of carbonyl (C=O) groups is 2. The minimum absolute atomic E-state index is 0.0363. The normalized spacial score (nSPS) is 14.2. The number of piperazine rings is 1. The molecule has 0 bridgehead atoms. The molecule has 0 aliphatic carbocycles. The van der Waals surface area contributed by atoms with Crippen molar-refractivity contribution in [3.8, 4) is 11.5 Å². The van der Waals surface area contributed by atoms with Gasteiger partial charge in [0.15, 0.2) is 0 Å². The summed E-state index contributed by atoms with van der Waals surface area (Å²) in [5.74, 6) is -1.69. The number of nitrogens with one attached hydrogen (secondary N) is 1. The van der Waals surface area contributed by atoms with E-state index in [1.165, 1.54) is 0 Å². The van der Waals surface area contributed by atoms with Gasteiger partial charge in [-0.2, -0.15) is 13.2 Å². The Bertz CT molecular complexity index is 579. The van der Waals surface area contributed by atoms with E-state index in [4.69, 9.17) is 19.4 Å². The summed E-state index contributed by atoms with van der Waals surface area (Å²) in [5, 5.41) is 10.3. The molecule has 0 spiro atoms. The van der Waals surface area contributed by atoms with Crippen molar-refractivity contribution in [1.82, 2.24) is 10.2 Å². The number of nitrogens with zero attached hydrogens (tertiary/aromatic N) is 1. The van der Waals surface area contributed by atoms with Crippen molar-refractivity contribution >= 4 is 11.9 Å². The van der Waals surface area contributed by atoms with Crippen LogP contribution in [0.25, 0.3) is 0 Å². The lowest BCUT2D eigenvalue weighted by atomic mass is 10.1. The second-order valence-electron chi connectivity index (χ2n) is 4.88. The average molecular weight is 364 g/mol. The number of carboxylic acid groups (broad SMARTS) is 1. The topological polar surface area (TPSA) is 88.1 Å². The molecule has 1 saturated heterocycles. The summed E-state index contributed by atoms with van der Waals surface area (Å²) in [6, 6.07) is 5.36. The number of benzene rings is 1. The van der Waals surface area contributed by atoms with Crippen LogP contribution in [0.1, 0.15) is 10.4 Å². The molecule has 1 aliphatic heterocycles. The number of amides is 1. The number of hydrogen-bond acceptors (Lipinski definition) is 5. The number of rotatable bonds is 3. The highest BCUT2D eigenvalue weighted by molar-refractivity contribution is 5.99. The zero-order valence-corrected chi connectivity index (χ0v) is 13.7. The Morgan fingerprint density at radius 1 is 1.12 bits per heavy atom. The fourth-order valence-electron chi connectivity index (χ4n) is 2.09. The van der Waals surface area contributed by atoms with Crippen LogP contribution in [0, 0.1) is 0 Å². The van der Waals surface area contributed by atoms with Crippen molar-refractivity contribution in [3.63, 3.8) is 0 Å². The summed E-state index contributed by atoms with van der Waals surface area (Å²) in [5.41, 5.74) is 0.504. The van der Waals surface area contributed by atoms with Crippen LogP contribution < -0.4 is 14.8 Å². The number of methoxy groups -OCH3 is 2. The largest absolute Gasteiger partial charge is 0.496 e. The van der Waals surface area contributed by atoms with Crippen LogP contribution in [0.4, 0.5) is 13.2 Å². The van der Waals surface area contributed by atoms with Gasteiger partial charge in [-0.05, 0) is 12.1 Å². The molecule has 1 amide bonds. The molecule has 0 unspecified atom stereocenters. The van der Waals surface area contributed by atoms with Crippen molar-refractivity contribution in [3.05, 3.63) is 23.8 Å². The first-order valence-electron chi connectivity index (χ1n) is 7.23. The van der Waals surface area contributed by atoms with E-state index in [0.29, 0.717) is 30.2 Å². The lowest BCUT2D eigenvalue weighted by Crippen LogP contribution is -2.46. The first-order chi connectivity index (χ1) is 11.7. The second-order valence-corrected chi connectivity index (χ2v) is 4.88. The van der Waals surface area contributed by atoms with Gasteiger partial charge in [0.1, 0.15) is 17.1 Å². The summed E-state index contributed by atoms with van der Waals surface area (Å²) in [7, 11) is 3.12. The molecule has 25 heavy (non-hydrogen) atoms. The zero-order valence-electron chi connectivity index (χ0n) is 13.7. The Hall–Kier alpha value is -2.49. The molecule has 10 heteroatoms.